The van der Waals surface area contributed by atoms with Crippen LogP contribution in [0.1, 0.15) is 32.6 Å². The number of hydrogen-bond acceptors (Lipinski definition) is 4. The van der Waals surface area contributed by atoms with Gasteiger partial charge in [0.1, 0.15) is 0 Å². The van der Waals surface area contributed by atoms with Crippen LogP contribution in [0.15, 0.2) is 0 Å². The molecule has 0 rings (SSSR count). The number of amides is 1. The van der Waals surface area contributed by atoms with Gasteiger partial charge < -0.3 is 20.6 Å². The number of carboxylic acid groups (broad SMARTS) is 1. The van der Waals surface area contributed by atoms with Crippen molar-refractivity contribution in [2.45, 2.75) is 38.6 Å². The van der Waals surface area contributed by atoms with Gasteiger partial charge in [-0.25, -0.2) is 0 Å². The van der Waals surface area contributed by atoms with Gasteiger partial charge in [0, 0.05) is 5.92 Å². The van der Waals surface area contributed by atoms with E-state index in [1.165, 1.54) is 0 Å². The highest BCUT2D eigenvalue weighted by atomic mass is 16.4. The molecule has 0 aliphatic heterocycles. The fourth-order valence-electron chi connectivity index (χ4n) is 1.46. The standard InChI is InChI=1S/C11H21NO5/c1-2-3-4-8(5-10(15)16)11(17)12-9(6-13)7-14/h8-9,13-14H,2-7H2,1H3,(H,12,17)(H,15,16). The van der Waals surface area contributed by atoms with E-state index in [0.717, 1.165) is 12.8 Å². The molecule has 0 bridgehead atoms. The molecule has 0 heterocycles. The molecule has 6 heteroatoms. The van der Waals surface area contributed by atoms with Crippen molar-refractivity contribution < 1.29 is 24.9 Å². The minimum Gasteiger partial charge on any atom is -0.481 e. The monoisotopic (exact) mass is 247 g/mol. The Bertz CT molecular complexity index is 240. The van der Waals surface area contributed by atoms with Crippen LogP contribution in [0.25, 0.3) is 0 Å². The van der Waals surface area contributed by atoms with Crippen molar-refractivity contribution in [2.24, 2.45) is 5.92 Å². The van der Waals surface area contributed by atoms with E-state index < -0.39 is 23.8 Å². The Labute approximate surface area is 101 Å². The van der Waals surface area contributed by atoms with E-state index in [1.807, 2.05) is 6.92 Å². The minimum absolute atomic E-state index is 0.227. The maximum atomic E-state index is 11.7. The van der Waals surface area contributed by atoms with Gasteiger partial charge in [-0.3, -0.25) is 9.59 Å². The van der Waals surface area contributed by atoms with Gasteiger partial charge >= 0.3 is 5.97 Å². The summed E-state index contributed by atoms with van der Waals surface area (Å²) < 4.78 is 0. The first-order chi connectivity index (χ1) is 8.04. The molecule has 6 nitrogen and oxygen atoms in total. The average molecular weight is 247 g/mol. The first kappa shape index (κ1) is 15.9. The van der Waals surface area contributed by atoms with Crippen LogP contribution < -0.4 is 5.32 Å². The van der Waals surface area contributed by atoms with Gasteiger partial charge in [-0.15, -0.1) is 0 Å². The van der Waals surface area contributed by atoms with Gasteiger partial charge in [0.25, 0.3) is 0 Å². The number of unbranched alkanes of at least 4 members (excludes halogenated alkanes) is 1. The molecule has 100 valence electrons. The van der Waals surface area contributed by atoms with E-state index in [2.05, 4.69) is 5.32 Å². The third-order valence-electron chi connectivity index (χ3n) is 2.49. The number of hydrogen-bond donors (Lipinski definition) is 4. The van der Waals surface area contributed by atoms with Crippen LogP contribution in [-0.4, -0.2) is 46.5 Å². The van der Waals surface area contributed by atoms with Crippen LogP contribution in [-0.2, 0) is 9.59 Å². The highest BCUT2D eigenvalue weighted by Gasteiger charge is 2.23. The maximum Gasteiger partial charge on any atom is 0.304 e. The number of rotatable bonds is 9. The average Bonchev–Trinajstić information content (AvgIpc) is 2.30. The van der Waals surface area contributed by atoms with E-state index in [9.17, 15) is 9.59 Å². The molecule has 1 unspecified atom stereocenters. The molecule has 4 N–H and O–H groups in total. The van der Waals surface area contributed by atoms with Crippen LogP contribution in [0.4, 0.5) is 0 Å². The molecule has 17 heavy (non-hydrogen) atoms. The van der Waals surface area contributed by atoms with Gasteiger partial charge in [0.15, 0.2) is 0 Å². The summed E-state index contributed by atoms with van der Waals surface area (Å²) in [6, 6.07) is -0.722. The van der Waals surface area contributed by atoms with Crippen molar-refractivity contribution in [3.05, 3.63) is 0 Å². The number of aliphatic hydroxyl groups is 2. The van der Waals surface area contributed by atoms with Crippen LogP contribution in [0.5, 0.6) is 0 Å². The topological polar surface area (TPSA) is 107 Å². The van der Waals surface area contributed by atoms with Gasteiger partial charge in [-0.1, -0.05) is 19.8 Å². The molecule has 0 saturated carbocycles. The zero-order chi connectivity index (χ0) is 13.3. The predicted octanol–water partition coefficient (Wildman–Crippen LogP) is -0.263. The molecule has 0 aromatic heterocycles. The third kappa shape index (κ3) is 6.91. The lowest BCUT2D eigenvalue weighted by atomic mass is 9.97. The summed E-state index contributed by atoms with van der Waals surface area (Å²) in [6.07, 6.45) is 1.93. The Morgan fingerprint density at radius 1 is 1.24 bits per heavy atom. The number of aliphatic hydroxyl groups excluding tert-OH is 2. The molecule has 0 radical (unpaired) electrons. The fraction of sp³-hybridized carbons (Fsp3) is 0.818. The normalized spacial score (nSPS) is 12.5. The predicted molar refractivity (Wildman–Crippen MR) is 61.4 cm³/mol. The summed E-state index contributed by atoms with van der Waals surface area (Å²) in [5.74, 6) is -2.05. The second-order valence-electron chi connectivity index (χ2n) is 4.01. The molecule has 0 aliphatic rings. The lowest BCUT2D eigenvalue weighted by Crippen LogP contribution is -2.43. The van der Waals surface area contributed by atoms with E-state index in [1.54, 1.807) is 0 Å². The van der Waals surface area contributed by atoms with Crippen LogP contribution in [0, 0.1) is 5.92 Å². The van der Waals surface area contributed by atoms with Crippen molar-refractivity contribution >= 4 is 11.9 Å². The second kappa shape index (κ2) is 8.95. The van der Waals surface area contributed by atoms with Crippen LogP contribution in [0.2, 0.25) is 0 Å². The van der Waals surface area contributed by atoms with E-state index >= 15 is 0 Å². The van der Waals surface area contributed by atoms with Crippen molar-refractivity contribution in [3.8, 4) is 0 Å². The Balaban J connectivity index is 4.34. The van der Waals surface area contributed by atoms with E-state index in [-0.39, 0.29) is 19.6 Å². The second-order valence-corrected chi connectivity index (χ2v) is 4.01. The first-order valence-corrected chi connectivity index (χ1v) is 5.79. The first-order valence-electron chi connectivity index (χ1n) is 5.79. The molecular weight excluding hydrogens is 226 g/mol. The van der Waals surface area contributed by atoms with Crippen molar-refractivity contribution in [1.29, 1.82) is 0 Å². The van der Waals surface area contributed by atoms with Crippen LogP contribution >= 0.6 is 0 Å². The van der Waals surface area contributed by atoms with Crippen molar-refractivity contribution in [2.75, 3.05) is 13.2 Å². The fourth-order valence-corrected chi connectivity index (χ4v) is 1.46. The van der Waals surface area contributed by atoms with E-state index in [4.69, 9.17) is 15.3 Å². The summed E-state index contributed by atoms with van der Waals surface area (Å²) in [4.78, 5) is 22.3. The largest absolute Gasteiger partial charge is 0.481 e. The molecule has 0 aromatic carbocycles. The smallest absolute Gasteiger partial charge is 0.304 e. The summed E-state index contributed by atoms with van der Waals surface area (Å²) in [5.41, 5.74) is 0. The lowest BCUT2D eigenvalue weighted by molar-refractivity contribution is -0.141. The highest BCUT2D eigenvalue weighted by molar-refractivity contribution is 5.83. The highest BCUT2D eigenvalue weighted by Crippen LogP contribution is 2.13. The Hall–Kier alpha value is -1.14. The summed E-state index contributed by atoms with van der Waals surface area (Å²) in [5, 5.41) is 28.8. The zero-order valence-electron chi connectivity index (χ0n) is 10.1. The molecule has 0 aliphatic carbocycles. The van der Waals surface area contributed by atoms with E-state index in [0.29, 0.717) is 6.42 Å². The van der Waals surface area contributed by atoms with Gasteiger partial charge in [-0.2, -0.15) is 0 Å². The van der Waals surface area contributed by atoms with Crippen LogP contribution in [0.3, 0.4) is 0 Å². The quantitative estimate of drug-likeness (QED) is 0.449. The van der Waals surface area contributed by atoms with Gasteiger partial charge in [0.05, 0.1) is 25.7 Å². The molecule has 0 fully saturated rings. The lowest BCUT2D eigenvalue weighted by Gasteiger charge is -2.18. The third-order valence-corrected chi connectivity index (χ3v) is 2.49. The van der Waals surface area contributed by atoms with Crippen molar-refractivity contribution in [3.63, 3.8) is 0 Å². The van der Waals surface area contributed by atoms with Gasteiger partial charge in [0.2, 0.25) is 5.91 Å². The minimum atomic E-state index is -1.02. The molecule has 1 atom stereocenters. The van der Waals surface area contributed by atoms with Gasteiger partial charge in [-0.05, 0) is 6.42 Å². The number of carbonyl (C=O) groups is 2. The summed E-state index contributed by atoms with van der Waals surface area (Å²) in [7, 11) is 0. The Kier molecular flexibility index (Phi) is 8.35. The summed E-state index contributed by atoms with van der Waals surface area (Å²) >= 11 is 0. The number of carboxylic acids is 1. The molecule has 0 saturated heterocycles. The van der Waals surface area contributed by atoms with Crippen molar-refractivity contribution in [1.82, 2.24) is 5.32 Å². The molecule has 0 spiro atoms. The molecule has 1 amide bonds. The number of carbonyl (C=O) groups excluding carboxylic acids is 1. The zero-order valence-corrected chi connectivity index (χ0v) is 10.1. The molecule has 0 aromatic rings. The Morgan fingerprint density at radius 3 is 2.24 bits per heavy atom. The Morgan fingerprint density at radius 2 is 1.82 bits per heavy atom. The number of aliphatic carboxylic acids is 1. The molecular formula is C11H21NO5. The number of nitrogens with one attached hydrogen (secondary N) is 1. The maximum absolute atomic E-state index is 11.7. The SMILES string of the molecule is CCCCC(CC(=O)O)C(=O)NC(CO)CO. The summed E-state index contributed by atoms with van der Waals surface area (Å²) in [6.45, 7) is 1.23.